The van der Waals surface area contributed by atoms with Crippen molar-refractivity contribution in [3.8, 4) is 11.1 Å². The number of nitrogens with zero attached hydrogens (tertiary/aromatic N) is 1. The Morgan fingerprint density at radius 3 is 2.11 bits per heavy atom. The molecule has 0 radical (unpaired) electrons. The monoisotopic (exact) mass is 479 g/mol. The smallest absolute Gasteiger partial charge is 0.351 e. The van der Waals surface area contributed by atoms with E-state index in [9.17, 15) is 15.0 Å². The summed E-state index contributed by atoms with van der Waals surface area (Å²) in [5, 5.41) is 20.0. The number of hydrogen-bond acceptors (Lipinski definition) is 4. The summed E-state index contributed by atoms with van der Waals surface area (Å²) in [5.41, 5.74) is 2.73. The average molecular weight is 480 g/mol. The van der Waals surface area contributed by atoms with Crippen LogP contribution < -0.4 is 0 Å². The summed E-state index contributed by atoms with van der Waals surface area (Å²) in [5.74, 6) is -1.58. The summed E-state index contributed by atoms with van der Waals surface area (Å²) < 4.78 is 5.19. The number of unbranched alkanes of at least 4 members (excludes halogenated alkanes) is 2. The molecule has 1 saturated carbocycles. The number of likely N-dealkylation sites (tertiary alicyclic amines) is 1. The van der Waals surface area contributed by atoms with Crippen LogP contribution in [0.15, 0.2) is 72.4 Å². The highest BCUT2D eigenvalue weighted by atomic mass is 16.6. The number of methoxy groups -OCH3 is 1. The van der Waals surface area contributed by atoms with Gasteiger partial charge in [0.2, 0.25) is 5.91 Å². The SMILES string of the molecule is COC1(O)CCCCN1C(=CCCCCC1CCCC1)C(=O)O.c1ccc(-c2ccccc2)cc1. The Labute approximate surface area is 210 Å². The van der Waals surface area contributed by atoms with Gasteiger partial charge in [-0.15, -0.1) is 0 Å². The topological polar surface area (TPSA) is 70.0 Å². The molecule has 1 aliphatic carbocycles. The second-order valence-corrected chi connectivity index (χ2v) is 9.62. The van der Waals surface area contributed by atoms with Crippen molar-refractivity contribution in [1.29, 1.82) is 0 Å². The summed E-state index contributed by atoms with van der Waals surface area (Å²) in [6, 6.07) is 20.8. The highest BCUT2D eigenvalue weighted by Crippen LogP contribution is 2.31. The van der Waals surface area contributed by atoms with Crippen LogP contribution in [0.1, 0.15) is 70.6 Å². The van der Waals surface area contributed by atoms with Crippen molar-refractivity contribution in [2.24, 2.45) is 5.92 Å². The molecule has 1 atom stereocenters. The zero-order chi connectivity index (χ0) is 24.9. The minimum atomic E-state index is -1.48. The summed E-state index contributed by atoms with van der Waals surface area (Å²) in [6.45, 7) is 0.518. The van der Waals surface area contributed by atoms with E-state index in [1.165, 1.54) is 55.2 Å². The third-order valence-electron chi connectivity index (χ3n) is 7.15. The van der Waals surface area contributed by atoms with Crippen molar-refractivity contribution < 1.29 is 19.7 Å². The van der Waals surface area contributed by atoms with Crippen LogP contribution in [0.4, 0.5) is 0 Å². The molecule has 5 heteroatoms. The van der Waals surface area contributed by atoms with Gasteiger partial charge in [0.1, 0.15) is 5.70 Å². The van der Waals surface area contributed by atoms with Crippen molar-refractivity contribution >= 4 is 5.97 Å². The van der Waals surface area contributed by atoms with E-state index in [1.54, 1.807) is 6.08 Å². The largest absolute Gasteiger partial charge is 0.477 e. The highest BCUT2D eigenvalue weighted by molar-refractivity contribution is 5.86. The van der Waals surface area contributed by atoms with Crippen LogP contribution in [0.3, 0.4) is 0 Å². The predicted molar refractivity (Wildman–Crippen MR) is 141 cm³/mol. The van der Waals surface area contributed by atoms with E-state index in [-0.39, 0.29) is 5.70 Å². The Morgan fingerprint density at radius 2 is 1.57 bits per heavy atom. The number of allylic oxidation sites excluding steroid dienone is 1. The number of piperidine rings is 1. The van der Waals surface area contributed by atoms with E-state index >= 15 is 0 Å². The van der Waals surface area contributed by atoms with Gasteiger partial charge in [0, 0.05) is 20.1 Å². The van der Waals surface area contributed by atoms with Crippen LogP contribution in [0, 0.1) is 5.92 Å². The standard InChI is InChI=1S/C18H31NO4.C12H10/c1-23-18(22)13-7-8-14-19(18)16(17(20)21)12-4-2-3-9-15-10-5-6-11-15;1-3-7-11(8-4-1)12-9-5-2-6-10-12/h12,15,22H,2-11,13-14H2,1H3,(H,20,21);1-10H. The molecule has 1 heterocycles. The molecule has 35 heavy (non-hydrogen) atoms. The number of carboxylic acid groups (broad SMARTS) is 1. The molecule has 2 aromatic rings. The van der Waals surface area contributed by atoms with Crippen LogP contribution >= 0.6 is 0 Å². The van der Waals surface area contributed by atoms with Crippen LogP contribution in [0.2, 0.25) is 0 Å². The number of aliphatic carboxylic acids is 1. The third-order valence-corrected chi connectivity index (χ3v) is 7.15. The van der Waals surface area contributed by atoms with Gasteiger partial charge in [0.25, 0.3) is 0 Å². The molecule has 0 spiro atoms. The zero-order valence-electron chi connectivity index (χ0n) is 21.1. The summed E-state index contributed by atoms with van der Waals surface area (Å²) in [6.07, 6.45) is 13.6. The van der Waals surface area contributed by atoms with Crippen molar-refractivity contribution in [1.82, 2.24) is 4.90 Å². The van der Waals surface area contributed by atoms with Crippen molar-refractivity contribution in [3.05, 3.63) is 72.4 Å². The average Bonchev–Trinajstić information content (AvgIpc) is 3.42. The summed E-state index contributed by atoms with van der Waals surface area (Å²) in [7, 11) is 1.43. The minimum Gasteiger partial charge on any atom is -0.477 e. The van der Waals surface area contributed by atoms with Gasteiger partial charge in [-0.3, -0.25) is 0 Å². The fourth-order valence-electron chi connectivity index (χ4n) is 5.15. The molecule has 0 bridgehead atoms. The highest BCUT2D eigenvalue weighted by Gasteiger charge is 2.40. The maximum absolute atomic E-state index is 11.6. The first-order valence-corrected chi connectivity index (χ1v) is 13.1. The van der Waals surface area contributed by atoms with E-state index in [0.717, 1.165) is 38.0 Å². The zero-order valence-corrected chi connectivity index (χ0v) is 21.1. The molecule has 0 aromatic heterocycles. The summed E-state index contributed by atoms with van der Waals surface area (Å²) in [4.78, 5) is 13.1. The third kappa shape index (κ3) is 8.22. The van der Waals surface area contributed by atoms with Gasteiger partial charge in [-0.2, -0.15) is 0 Å². The molecule has 5 nitrogen and oxygen atoms in total. The first kappa shape index (κ1) is 27.0. The number of rotatable bonds is 9. The molecule has 2 aromatic carbocycles. The fourth-order valence-corrected chi connectivity index (χ4v) is 5.15. The van der Waals surface area contributed by atoms with Crippen molar-refractivity contribution in [3.63, 3.8) is 0 Å². The lowest BCUT2D eigenvalue weighted by Gasteiger charge is -2.43. The molecule has 1 aliphatic heterocycles. The number of hydrogen-bond donors (Lipinski definition) is 2. The van der Waals surface area contributed by atoms with Gasteiger partial charge >= 0.3 is 5.97 Å². The Kier molecular flexibility index (Phi) is 10.8. The van der Waals surface area contributed by atoms with Gasteiger partial charge in [-0.05, 0) is 42.7 Å². The fraction of sp³-hybridized carbons (Fsp3) is 0.500. The van der Waals surface area contributed by atoms with Gasteiger partial charge in [-0.25, -0.2) is 4.79 Å². The number of benzene rings is 2. The van der Waals surface area contributed by atoms with Gasteiger partial charge in [0.05, 0.1) is 0 Å². The summed E-state index contributed by atoms with van der Waals surface area (Å²) >= 11 is 0. The van der Waals surface area contributed by atoms with Crippen LogP contribution in [0.5, 0.6) is 0 Å². The Hall–Kier alpha value is -2.63. The Balaban J connectivity index is 0.000000237. The maximum Gasteiger partial charge on any atom is 0.351 e. The lowest BCUT2D eigenvalue weighted by Crippen LogP contribution is -2.53. The maximum atomic E-state index is 11.6. The lowest BCUT2D eigenvalue weighted by atomic mass is 9.99. The number of carboxylic acids is 1. The molecular formula is C30H41NO4. The molecule has 0 amide bonds. The van der Waals surface area contributed by atoms with Crippen LogP contribution in [0.25, 0.3) is 11.1 Å². The van der Waals surface area contributed by atoms with Gasteiger partial charge in [0.15, 0.2) is 0 Å². The predicted octanol–water partition coefficient (Wildman–Crippen LogP) is 6.84. The molecule has 1 unspecified atom stereocenters. The molecule has 2 fully saturated rings. The second kappa shape index (κ2) is 14.1. The van der Waals surface area contributed by atoms with Gasteiger partial charge < -0.3 is 19.8 Å². The van der Waals surface area contributed by atoms with E-state index in [0.29, 0.717) is 13.0 Å². The van der Waals surface area contributed by atoms with E-state index < -0.39 is 11.9 Å². The molecule has 4 rings (SSSR count). The van der Waals surface area contributed by atoms with Gasteiger partial charge in [-0.1, -0.05) is 105 Å². The molecule has 2 N–H and O–H groups in total. The van der Waals surface area contributed by atoms with Crippen LogP contribution in [-0.2, 0) is 9.53 Å². The van der Waals surface area contributed by atoms with Crippen molar-refractivity contribution in [2.75, 3.05) is 13.7 Å². The first-order chi connectivity index (χ1) is 17.0. The minimum absolute atomic E-state index is 0.176. The molecular weight excluding hydrogens is 438 g/mol. The first-order valence-electron chi connectivity index (χ1n) is 13.1. The normalized spacial score (nSPS) is 20.9. The quantitative estimate of drug-likeness (QED) is 0.234. The van der Waals surface area contributed by atoms with Crippen molar-refractivity contribution in [2.45, 2.75) is 76.5 Å². The molecule has 1 saturated heterocycles. The Bertz CT molecular complexity index is 871. The number of ether oxygens (including phenoxy) is 1. The van der Waals surface area contributed by atoms with E-state index in [2.05, 4.69) is 48.5 Å². The molecule has 190 valence electrons. The van der Waals surface area contributed by atoms with E-state index in [4.69, 9.17) is 4.74 Å². The van der Waals surface area contributed by atoms with Crippen LogP contribution in [-0.4, -0.2) is 40.6 Å². The van der Waals surface area contributed by atoms with E-state index in [1.807, 2.05) is 12.1 Å². The lowest BCUT2D eigenvalue weighted by molar-refractivity contribution is -0.283. The molecule has 2 aliphatic rings. The Morgan fingerprint density at radius 1 is 0.971 bits per heavy atom. The number of carbonyl (C=O) groups is 1. The second-order valence-electron chi connectivity index (χ2n) is 9.62. The number of aliphatic hydroxyl groups is 1.